The maximum absolute atomic E-state index is 9.88. The lowest BCUT2D eigenvalue weighted by Gasteiger charge is -2.38. The summed E-state index contributed by atoms with van der Waals surface area (Å²) in [4.78, 5) is 6.75. The Bertz CT molecular complexity index is 476. The summed E-state index contributed by atoms with van der Waals surface area (Å²) in [5, 5.41) is 9.88. The van der Waals surface area contributed by atoms with E-state index >= 15 is 0 Å². The third-order valence-electron chi connectivity index (χ3n) is 5.64. The number of nitrogens with zero attached hydrogens (tertiary/aromatic N) is 3. The molecule has 0 amide bonds. The van der Waals surface area contributed by atoms with E-state index in [9.17, 15) is 5.11 Å². The highest BCUT2D eigenvalue weighted by atomic mass is 16.5. The van der Waals surface area contributed by atoms with Gasteiger partial charge in [-0.15, -0.1) is 0 Å². The first-order valence-electron chi connectivity index (χ1n) is 9.10. The van der Waals surface area contributed by atoms with E-state index in [-0.39, 0.29) is 12.0 Å². The topological polar surface area (TPSA) is 50.5 Å². The molecule has 2 heterocycles. The molecule has 1 saturated heterocycles. The van der Waals surface area contributed by atoms with Gasteiger partial charge in [0.1, 0.15) is 0 Å². The second-order valence-electron chi connectivity index (χ2n) is 7.53. The third-order valence-corrected chi connectivity index (χ3v) is 5.64. The number of hydrogen-bond acceptors (Lipinski definition) is 4. The molecule has 1 N–H and O–H groups in total. The zero-order chi connectivity index (χ0) is 16.1. The molecule has 1 aliphatic heterocycles. The van der Waals surface area contributed by atoms with Gasteiger partial charge in [0.05, 0.1) is 18.6 Å². The van der Waals surface area contributed by atoms with Crippen LogP contribution in [0.3, 0.4) is 0 Å². The van der Waals surface area contributed by atoms with E-state index in [1.54, 1.807) is 0 Å². The summed E-state index contributed by atoms with van der Waals surface area (Å²) in [5.41, 5.74) is 1.31. The zero-order valence-electron chi connectivity index (χ0n) is 14.4. The van der Waals surface area contributed by atoms with E-state index in [1.165, 1.54) is 37.8 Å². The average molecular weight is 321 g/mol. The van der Waals surface area contributed by atoms with Crippen LogP contribution in [0.5, 0.6) is 0 Å². The standard InChI is InChI=1S/C18H31N3O2/c1-20(13-18(14-22)7-9-23-10-8-18)12-17-11-19-15-21(17)16-5-3-2-4-6-16/h11,15-16,22H,2-10,12-14H2,1H3. The van der Waals surface area contributed by atoms with E-state index in [0.29, 0.717) is 6.04 Å². The Labute approximate surface area is 139 Å². The Morgan fingerprint density at radius 1 is 1.30 bits per heavy atom. The molecule has 0 spiro atoms. The van der Waals surface area contributed by atoms with Crippen molar-refractivity contribution >= 4 is 0 Å². The number of aromatic nitrogens is 2. The van der Waals surface area contributed by atoms with Gasteiger partial charge in [-0.2, -0.15) is 0 Å². The number of aliphatic hydroxyl groups excluding tert-OH is 1. The monoisotopic (exact) mass is 321 g/mol. The maximum atomic E-state index is 9.88. The smallest absolute Gasteiger partial charge is 0.0951 e. The van der Waals surface area contributed by atoms with Gasteiger partial charge in [-0.25, -0.2) is 4.98 Å². The summed E-state index contributed by atoms with van der Waals surface area (Å²) in [6, 6.07) is 0.629. The number of imidazole rings is 1. The van der Waals surface area contributed by atoms with Crippen molar-refractivity contribution in [2.45, 2.75) is 57.5 Å². The summed E-state index contributed by atoms with van der Waals surface area (Å²) < 4.78 is 7.86. The summed E-state index contributed by atoms with van der Waals surface area (Å²) >= 11 is 0. The molecule has 1 aromatic rings. The van der Waals surface area contributed by atoms with Crippen molar-refractivity contribution in [1.82, 2.24) is 14.5 Å². The molecule has 1 aliphatic carbocycles. The minimum atomic E-state index is 0.00267. The number of hydrogen-bond donors (Lipinski definition) is 1. The zero-order valence-corrected chi connectivity index (χ0v) is 14.4. The number of ether oxygens (including phenoxy) is 1. The molecule has 2 fully saturated rings. The van der Waals surface area contributed by atoms with Crippen LogP contribution in [0, 0.1) is 5.41 Å². The average Bonchev–Trinajstić information content (AvgIpc) is 3.04. The first kappa shape index (κ1) is 16.9. The highest BCUT2D eigenvalue weighted by Gasteiger charge is 2.33. The van der Waals surface area contributed by atoms with Gasteiger partial charge in [-0.1, -0.05) is 19.3 Å². The summed E-state index contributed by atoms with van der Waals surface area (Å²) in [7, 11) is 2.16. The van der Waals surface area contributed by atoms with Gasteiger partial charge >= 0.3 is 0 Å². The highest BCUT2D eigenvalue weighted by molar-refractivity contribution is 5.01. The third kappa shape index (κ3) is 4.14. The molecule has 1 aromatic heterocycles. The molecular formula is C18H31N3O2. The summed E-state index contributed by atoms with van der Waals surface area (Å²) in [6.07, 6.45) is 12.6. The predicted octanol–water partition coefficient (Wildman–Crippen LogP) is 2.61. The lowest BCUT2D eigenvalue weighted by molar-refractivity contribution is -0.0321. The molecule has 0 unspecified atom stereocenters. The van der Waals surface area contributed by atoms with Gasteiger partial charge in [-0.05, 0) is 32.7 Å². The van der Waals surface area contributed by atoms with Crippen molar-refractivity contribution < 1.29 is 9.84 Å². The Hall–Kier alpha value is -0.910. The number of rotatable bonds is 6. The van der Waals surface area contributed by atoms with Gasteiger partial charge in [0, 0.05) is 44.0 Å². The molecule has 3 rings (SSSR count). The van der Waals surface area contributed by atoms with Crippen molar-refractivity contribution in [3.63, 3.8) is 0 Å². The predicted molar refractivity (Wildman–Crippen MR) is 90.3 cm³/mol. The van der Waals surface area contributed by atoms with Crippen LogP contribution in [-0.4, -0.2) is 53.0 Å². The van der Waals surface area contributed by atoms with Crippen LogP contribution in [0.25, 0.3) is 0 Å². The van der Waals surface area contributed by atoms with Crippen LogP contribution in [0.4, 0.5) is 0 Å². The second kappa shape index (κ2) is 7.77. The van der Waals surface area contributed by atoms with Crippen LogP contribution in [0.15, 0.2) is 12.5 Å². The van der Waals surface area contributed by atoms with Crippen LogP contribution in [0.2, 0.25) is 0 Å². The molecule has 0 radical (unpaired) electrons. The first-order valence-corrected chi connectivity index (χ1v) is 9.10. The van der Waals surface area contributed by atoms with Gasteiger partial charge in [0.15, 0.2) is 0 Å². The van der Waals surface area contributed by atoms with Crippen LogP contribution >= 0.6 is 0 Å². The fraction of sp³-hybridized carbons (Fsp3) is 0.833. The molecule has 0 atom stereocenters. The Balaban J connectivity index is 1.61. The normalized spacial score (nSPS) is 22.6. The highest BCUT2D eigenvalue weighted by Crippen LogP contribution is 2.32. The fourth-order valence-corrected chi connectivity index (χ4v) is 4.22. The van der Waals surface area contributed by atoms with Crippen LogP contribution < -0.4 is 0 Å². The van der Waals surface area contributed by atoms with E-state index in [4.69, 9.17) is 4.74 Å². The largest absolute Gasteiger partial charge is 0.396 e. The molecule has 5 heteroatoms. The molecule has 2 aliphatic rings. The minimum Gasteiger partial charge on any atom is -0.396 e. The van der Waals surface area contributed by atoms with E-state index in [0.717, 1.165) is 39.1 Å². The lowest BCUT2D eigenvalue weighted by Crippen LogP contribution is -2.42. The Morgan fingerprint density at radius 2 is 2.04 bits per heavy atom. The Kier molecular flexibility index (Phi) is 5.72. The van der Waals surface area contributed by atoms with Crippen molar-refractivity contribution in [3.8, 4) is 0 Å². The molecule has 0 aromatic carbocycles. The molecule has 1 saturated carbocycles. The molecule has 130 valence electrons. The van der Waals surface area contributed by atoms with E-state index < -0.39 is 0 Å². The van der Waals surface area contributed by atoms with E-state index in [2.05, 4.69) is 21.5 Å². The van der Waals surface area contributed by atoms with Crippen molar-refractivity contribution in [1.29, 1.82) is 0 Å². The van der Waals surface area contributed by atoms with E-state index in [1.807, 2.05) is 12.5 Å². The maximum Gasteiger partial charge on any atom is 0.0951 e. The first-order chi connectivity index (χ1) is 11.2. The minimum absolute atomic E-state index is 0.00267. The second-order valence-corrected chi connectivity index (χ2v) is 7.53. The van der Waals surface area contributed by atoms with Gasteiger partial charge in [0.2, 0.25) is 0 Å². The fourth-order valence-electron chi connectivity index (χ4n) is 4.22. The molecule has 5 nitrogen and oxygen atoms in total. The molecule has 23 heavy (non-hydrogen) atoms. The Morgan fingerprint density at radius 3 is 2.74 bits per heavy atom. The van der Waals surface area contributed by atoms with Crippen molar-refractivity contribution in [2.75, 3.05) is 33.4 Å². The SMILES string of the molecule is CN(Cc1cncn1C1CCCCC1)CC1(CO)CCOCC1. The van der Waals surface area contributed by atoms with Crippen LogP contribution in [0.1, 0.15) is 56.7 Å². The quantitative estimate of drug-likeness (QED) is 0.875. The van der Waals surface area contributed by atoms with Gasteiger partial charge < -0.3 is 14.4 Å². The van der Waals surface area contributed by atoms with Gasteiger partial charge in [-0.3, -0.25) is 4.90 Å². The lowest BCUT2D eigenvalue weighted by atomic mass is 9.80. The summed E-state index contributed by atoms with van der Waals surface area (Å²) in [6.45, 7) is 3.62. The molecule has 0 bridgehead atoms. The van der Waals surface area contributed by atoms with Crippen molar-refractivity contribution in [3.05, 3.63) is 18.2 Å². The number of aliphatic hydroxyl groups is 1. The van der Waals surface area contributed by atoms with Gasteiger partial charge in [0.25, 0.3) is 0 Å². The van der Waals surface area contributed by atoms with Crippen LogP contribution in [-0.2, 0) is 11.3 Å². The summed E-state index contributed by atoms with van der Waals surface area (Å²) in [5.74, 6) is 0. The van der Waals surface area contributed by atoms with Crippen molar-refractivity contribution in [2.24, 2.45) is 5.41 Å². The molecular weight excluding hydrogens is 290 g/mol.